The molecule has 1 aliphatic rings. The first-order chi connectivity index (χ1) is 10.7. The van der Waals surface area contributed by atoms with Crippen LogP contribution in [0.15, 0.2) is 35.5 Å². The Bertz CT molecular complexity index is 884. The molecule has 0 amide bonds. The summed E-state index contributed by atoms with van der Waals surface area (Å²) in [5.41, 5.74) is 0.322. The van der Waals surface area contributed by atoms with Gasteiger partial charge < -0.3 is 4.74 Å². The van der Waals surface area contributed by atoms with Gasteiger partial charge in [0.15, 0.2) is 9.84 Å². The molecule has 0 saturated carbocycles. The van der Waals surface area contributed by atoms with Gasteiger partial charge in [0.2, 0.25) is 0 Å². The summed E-state index contributed by atoms with van der Waals surface area (Å²) < 4.78 is 56.8. The zero-order chi connectivity index (χ0) is 16.8. The fourth-order valence-corrected chi connectivity index (χ4v) is 3.76. The summed E-state index contributed by atoms with van der Waals surface area (Å²) in [6.45, 7) is 0. The van der Waals surface area contributed by atoms with E-state index in [-0.39, 0.29) is 21.8 Å². The number of aromatic nitrogens is 1. The minimum Gasteiger partial charge on any atom is -0.455 e. The van der Waals surface area contributed by atoms with Crippen molar-refractivity contribution in [3.8, 4) is 11.5 Å². The van der Waals surface area contributed by atoms with Gasteiger partial charge in [-0.05, 0) is 17.7 Å². The molecule has 0 radical (unpaired) electrons. The molecule has 8 heteroatoms. The van der Waals surface area contributed by atoms with Gasteiger partial charge in [-0.3, -0.25) is 4.98 Å². The molecule has 4 nitrogen and oxygen atoms in total. The number of fused-ring (bicyclic) bond motifs is 1. The van der Waals surface area contributed by atoms with Crippen molar-refractivity contribution in [3.05, 3.63) is 46.7 Å². The summed E-state index contributed by atoms with van der Waals surface area (Å²) in [6, 6.07) is 4.18. The van der Waals surface area contributed by atoms with Crippen molar-refractivity contribution in [1.29, 1.82) is 0 Å². The maximum absolute atomic E-state index is 13.8. The lowest BCUT2D eigenvalue weighted by atomic mass is 10.1. The highest BCUT2D eigenvalue weighted by Gasteiger charge is 2.41. The number of benzene rings is 1. The number of pyridine rings is 1. The molecular formula is C15H12ClF2NO3S. The second-order valence-electron chi connectivity index (χ2n) is 5.44. The molecular weight excluding hydrogens is 348 g/mol. The zero-order valence-electron chi connectivity index (χ0n) is 12.0. The average Bonchev–Trinajstić information content (AvgIpc) is 2.73. The quantitative estimate of drug-likeness (QED) is 0.839. The number of alkyl halides is 2. The Labute approximate surface area is 137 Å². The number of halogens is 3. The summed E-state index contributed by atoms with van der Waals surface area (Å²) in [5.74, 6) is -2.51. The molecule has 1 heterocycles. The standard InChI is InChI=1S/C15H12ClF2NO3S/c1-23(20,21)14-3-2-13(11-5-15(17,18)6-12(11)14)22-10-4-9(16)7-19-8-10/h2-4,7-8H,5-6H2,1H3. The summed E-state index contributed by atoms with van der Waals surface area (Å²) >= 11 is 5.82. The van der Waals surface area contributed by atoms with Gasteiger partial charge in [-0.25, -0.2) is 17.2 Å². The van der Waals surface area contributed by atoms with E-state index in [1.165, 1.54) is 30.6 Å². The molecule has 0 N–H and O–H groups in total. The monoisotopic (exact) mass is 359 g/mol. The highest BCUT2D eigenvalue weighted by atomic mass is 35.5. The van der Waals surface area contributed by atoms with Crippen LogP contribution in [0.3, 0.4) is 0 Å². The topological polar surface area (TPSA) is 56.3 Å². The highest BCUT2D eigenvalue weighted by molar-refractivity contribution is 7.90. The van der Waals surface area contributed by atoms with Crippen LogP contribution in [0.2, 0.25) is 5.02 Å². The summed E-state index contributed by atoms with van der Waals surface area (Å²) in [4.78, 5) is 3.78. The maximum Gasteiger partial charge on any atom is 0.256 e. The summed E-state index contributed by atoms with van der Waals surface area (Å²) in [5, 5.41) is 0.345. The number of ether oxygens (including phenoxy) is 1. The lowest BCUT2D eigenvalue weighted by Crippen LogP contribution is -2.15. The fraction of sp³-hybridized carbons (Fsp3) is 0.267. The molecule has 0 unspecified atom stereocenters. The van der Waals surface area contributed by atoms with Crippen LogP contribution in [0.1, 0.15) is 11.1 Å². The van der Waals surface area contributed by atoms with Crippen molar-refractivity contribution in [2.45, 2.75) is 23.7 Å². The molecule has 0 saturated heterocycles. The minimum atomic E-state index is -3.60. The molecule has 1 aromatic carbocycles. The van der Waals surface area contributed by atoms with E-state index in [0.717, 1.165) is 6.26 Å². The van der Waals surface area contributed by atoms with E-state index in [9.17, 15) is 17.2 Å². The molecule has 0 aliphatic heterocycles. The Morgan fingerprint density at radius 3 is 2.57 bits per heavy atom. The number of hydrogen-bond acceptors (Lipinski definition) is 4. The van der Waals surface area contributed by atoms with Crippen molar-refractivity contribution in [3.63, 3.8) is 0 Å². The van der Waals surface area contributed by atoms with Gasteiger partial charge in [-0.1, -0.05) is 11.6 Å². The van der Waals surface area contributed by atoms with Crippen LogP contribution in [0, 0.1) is 0 Å². The molecule has 23 heavy (non-hydrogen) atoms. The number of rotatable bonds is 3. The first kappa shape index (κ1) is 16.1. The second kappa shape index (κ2) is 5.42. The Morgan fingerprint density at radius 1 is 1.22 bits per heavy atom. The van der Waals surface area contributed by atoms with Gasteiger partial charge in [0, 0.05) is 36.9 Å². The van der Waals surface area contributed by atoms with Crippen molar-refractivity contribution in [2.75, 3.05) is 6.26 Å². The Hall–Kier alpha value is -1.73. The average molecular weight is 360 g/mol. The van der Waals surface area contributed by atoms with Crippen molar-refractivity contribution in [2.24, 2.45) is 0 Å². The Kier molecular flexibility index (Phi) is 3.80. The van der Waals surface area contributed by atoms with Gasteiger partial charge in [-0.2, -0.15) is 0 Å². The smallest absolute Gasteiger partial charge is 0.256 e. The molecule has 1 aliphatic carbocycles. The molecule has 0 atom stereocenters. The zero-order valence-corrected chi connectivity index (χ0v) is 13.6. The van der Waals surface area contributed by atoms with Gasteiger partial charge in [-0.15, -0.1) is 0 Å². The van der Waals surface area contributed by atoms with E-state index in [1.807, 2.05) is 0 Å². The largest absolute Gasteiger partial charge is 0.455 e. The molecule has 0 bridgehead atoms. The van der Waals surface area contributed by atoms with E-state index in [2.05, 4.69) is 4.98 Å². The van der Waals surface area contributed by atoms with Gasteiger partial charge in [0.1, 0.15) is 11.5 Å². The van der Waals surface area contributed by atoms with Crippen molar-refractivity contribution in [1.82, 2.24) is 4.98 Å². The van der Waals surface area contributed by atoms with E-state index < -0.39 is 28.6 Å². The molecule has 122 valence electrons. The van der Waals surface area contributed by atoms with E-state index >= 15 is 0 Å². The fourth-order valence-electron chi connectivity index (χ4n) is 2.64. The van der Waals surface area contributed by atoms with E-state index in [1.54, 1.807) is 0 Å². The number of sulfone groups is 1. The van der Waals surface area contributed by atoms with Crippen LogP contribution in [-0.4, -0.2) is 25.6 Å². The van der Waals surface area contributed by atoms with Gasteiger partial charge in [0.25, 0.3) is 5.92 Å². The first-order valence-electron chi connectivity index (χ1n) is 6.67. The third-order valence-corrected chi connectivity index (χ3v) is 4.91. The first-order valence-corrected chi connectivity index (χ1v) is 8.94. The summed E-state index contributed by atoms with van der Waals surface area (Å²) in [6.07, 6.45) is 2.64. The Balaban J connectivity index is 2.09. The number of nitrogens with zero attached hydrogens (tertiary/aromatic N) is 1. The van der Waals surface area contributed by atoms with Crippen molar-refractivity contribution >= 4 is 21.4 Å². The van der Waals surface area contributed by atoms with Crippen LogP contribution < -0.4 is 4.74 Å². The molecule has 0 spiro atoms. The Morgan fingerprint density at radius 2 is 1.91 bits per heavy atom. The molecule has 1 aromatic heterocycles. The summed E-state index contributed by atoms with van der Waals surface area (Å²) in [7, 11) is -3.60. The van der Waals surface area contributed by atoms with Gasteiger partial charge in [0.05, 0.1) is 16.1 Å². The number of hydrogen-bond donors (Lipinski definition) is 0. The van der Waals surface area contributed by atoms with Crippen LogP contribution >= 0.6 is 11.6 Å². The van der Waals surface area contributed by atoms with E-state index in [0.29, 0.717) is 10.8 Å². The normalized spacial score (nSPS) is 16.2. The SMILES string of the molecule is CS(=O)(=O)c1ccc(Oc2cncc(Cl)c2)c2c1CC(F)(F)C2. The third kappa shape index (κ3) is 3.30. The molecule has 3 rings (SSSR count). The lowest BCUT2D eigenvalue weighted by molar-refractivity contribution is 0.0125. The minimum absolute atomic E-state index is 0.0822. The van der Waals surface area contributed by atoms with Crippen LogP contribution in [0.5, 0.6) is 11.5 Å². The molecule has 2 aromatic rings. The second-order valence-corrected chi connectivity index (χ2v) is 7.86. The highest BCUT2D eigenvalue weighted by Crippen LogP contribution is 2.43. The van der Waals surface area contributed by atoms with Gasteiger partial charge >= 0.3 is 0 Å². The predicted molar refractivity (Wildman–Crippen MR) is 81.2 cm³/mol. The third-order valence-electron chi connectivity index (χ3n) is 3.52. The lowest BCUT2D eigenvalue weighted by Gasteiger charge is -2.12. The van der Waals surface area contributed by atoms with Crippen molar-refractivity contribution < 1.29 is 21.9 Å². The maximum atomic E-state index is 13.8. The molecule has 0 fully saturated rings. The van der Waals surface area contributed by atoms with Crippen LogP contribution in [0.25, 0.3) is 0 Å². The van der Waals surface area contributed by atoms with Crippen LogP contribution in [0.4, 0.5) is 8.78 Å². The van der Waals surface area contributed by atoms with E-state index in [4.69, 9.17) is 16.3 Å². The predicted octanol–water partition coefficient (Wildman–Crippen LogP) is 3.66. The van der Waals surface area contributed by atoms with Crippen LogP contribution in [-0.2, 0) is 22.7 Å².